The zero-order chi connectivity index (χ0) is 9.64. The predicted molar refractivity (Wildman–Crippen MR) is 48.3 cm³/mol. The first-order valence-corrected chi connectivity index (χ1v) is 5.03. The molecule has 2 fully saturated rings. The summed E-state index contributed by atoms with van der Waals surface area (Å²) in [6.45, 7) is 4.62. The minimum Gasteiger partial charge on any atom is -0.390 e. The van der Waals surface area contributed by atoms with Crippen LogP contribution in [0.2, 0.25) is 0 Å². The molecule has 1 saturated heterocycles. The van der Waals surface area contributed by atoms with Gasteiger partial charge < -0.3 is 14.9 Å². The van der Waals surface area contributed by atoms with E-state index >= 15 is 0 Å². The van der Waals surface area contributed by atoms with Crippen LogP contribution in [0.1, 0.15) is 26.7 Å². The Morgan fingerprint density at radius 3 is 2.31 bits per heavy atom. The van der Waals surface area contributed by atoms with Crippen molar-refractivity contribution in [1.82, 2.24) is 0 Å². The van der Waals surface area contributed by atoms with Crippen molar-refractivity contribution in [3.63, 3.8) is 0 Å². The van der Waals surface area contributed by atoms with Crippen LogP contribution in [0.3, 0.4) is 0 Å². The standard InChI is InChI=1S/C10H18O3/c1-6-3-10(9(12)8(6)11)4-7(2)13-5-10/h6-9,11-12H,3-5H2,1-2H3. The number of aliphatic hydroxyl groups is 2. The average molecular weight is 186 g/mol. The maximum Gasteiger partial charge on any atom is 0.0880 e. The summed E-state index contributed by atoms with van der Waals surface area (Å²) < 4.78 is 5.49. The SMILES string of the molecule is CC1CC2(CO1)CC(C)C(O)C2O. The summed E-state index contributed by atoms with van der Waals surface area (Å²) >= 11 is 0. The van der Waals surface area contributed by atoms with Crippen LogP contribution in [0.15, 0.2) is 0 Å². The Balaban J connectivity index is 2.16. The second-order valence-corrected chi connectivity index (χ2v) is 4.80. The van der Waals surface area contributed by atoms with Crippen LogP contribution in [0, 0.1) is 11.3 Å². The van der Waals surface area contributed by atoms with Gasteiger partial charge in [0.25, 0.3) is 0 Å². The third kappa shape index (κ3) is 1.30. The van der Waals surface area contributed by atoms with Crippen LogP contribution in [0.25, 0.3) is 0 Å². The minimum atomic E-state index is -0.590. The molecule has 1 saturated carbocycles. The van der Waals surface area contributed by atoms with Gasteiger partial charge >= 0.3 is 0 Å². The second-order valence-electron chi connectivity index (χ2n) is 4.80. The highest BCUT2D eigenvalue weighted by Crippen LogP contribution is 2.49. The van der Waals surface area contributed by atoms with E-state index in [9.17, 15) is 10.2 Å². The highest BCUT2D eigenvalue weighted by Gasteiger charge is 2.54. The normalized spacial score (nSPS) is 56.3. The van der Waals surface area contributed by atoms with Crippen LogP contribution in [0.4, 0.5) is 0 Å². The van der Waals surface area contributed by atoms with Crippen LogP contribution in [-0.4, -0.2) is 35.1 Å². The van der Waals surface area contributed by atoms with Gasteiger partial charge in [0.15, 0.2) is 0 Å². The average Bonchev–Trinajstić information content (AvgIpc) is 2.53. The van der Waals surface area contributed by atoms with Gasteiger partial charge in [0.05, 0.1) is 24.9 Å². The summed E-state index contributed by atoms with van der Waals surface area (Å²) in [4.78, 5) is 0. The van der Waals surface area contributed by atoms with Crippen molar-refractivity contribution < 1.29 is 14.9 Å². The van der Waals surface area contributed by atoms with Gasteiger partial charge in [0, 0.05) is 5.41 Å². The van der Waals surface area contributed by atoms with Gasteiger partial charge in [0.1, 0.15) is 0 Å². The molecule has 0 bridgehead atoms. The summed E-state index contributed by atoms with van der Waals surface area (Å²) in [5.41, 5.74) is -0.155. The molecule has 5 unspecified atom stereocenters. The van der Waals surface area contributed by atoms with Crippen LogP contribution in [0.5, 0.6) is 0 Å². The first kappa shape index (κ1) is 9.44. The van der Waals surface area contributed by atoms with Gasteiger partial charge in [-0.2, -0.15) is 0 Å². The first-order valence-electron chi connectivity index (χ1n) is 5.03. The molecule has 2 rings (SSSR count). The molecule has 3 heteroatoms. The molecule has 0 amide bonds. The Bertz CT molecular complexity index is 206. The topological polar surface area (TPSA) is 49.7 Å². The van der Waals surface area contributed by atoms with Crippen LogP contribution in [-0.2, 0) is 4.74 Å². The largest absolute Gasteiger partial charge is 0.390 e. The van der Waals surface area contributed by atoms with Gasteiger partial charge in [-0.3, -0.25) is 0 Å². The second kappa shape index (κ2) is 2.94. The molecule has 1 heterocycles. The van der Waals surface area contributed by atoms with E-state index in [1.807, 2.05) is 13.8 Å². The van der Waals surface area contributed by atoms with E-state index in [-0.39, 0.29) is 17.4 Å². The Morgan fingerprint density at radius 1 is 1.23 bits per heavy atom. The van der Waals surface area contributed by atoms with E-state index in [4.69, 9.17) is 4.74 Å². The van der Waals surface area contributed by atoms with Crippen LogP contribution < -0.4 is 0 Å². The van der Waals surface area contributed by atoms with Crippen molar-refractivity contribution in [1.29, 1.82) is 0 Å². The van der Waals surface area contributed by atoms with Gasteiger partial charge in [-0.05, 0) is 25.7 Å². The molecule has 1 aliphatic heterocycles. The van der Waals surface area contributed by atoms with Gasteiger partial charge in [0.2, 0.25) is 0 Å². The van der Waals surface area contributed by atoms with E-state index in [1.54, 1.807) is 0 Å². The van der Waals surface area contributed by atoms with Crippen molar-refractivity contribution in [2.75, 3.05) is 6.61 Å². The van der Waals surface area contributed by atoms with Crippen molar-refractivity contribution in [3.05, 3.63) is 0 Å². The van der Waals surface area contributed by atoms with E-state index in [2.05, 4.69) is 0 Å². The minimum absolute atomic E-state index is 0.155. The zero-order valence-corrected chi connectivity index (χ0v) is 8.23. The van der Waals surface area contributed by atoms with E-state index in [0.717, 1.165) is 12.8 Å². The maximum absolute atomic E-state index is 9.91. The molecular formula is C10H18O3. The third-order valence-electron chi connectivity index (χ3n) is 3.61. The lowest BCUT2D eigenvalue weighted by Crippen LogP contribution is -2.36. The fraction of sp³-hybridized carbons (Fsp3) is 1.00. The number of hydrogen-bond donors (Lipinski definition) is 2. The molecule has 0 aromatic rings. The molecular weight excluding hydrogens is 168 g/mol. The van der Waals surface area contributed by atoms with E-state index < -0.39 is 12.2 Å². The van der Waals surface area contributed by atoms with Crippen molar-refractivity contribution in [2.45, 2.75) is 45.0 Å². The van der Waals surface area contributed by atoms with Gasteiger partial charge in [-0.1, -0.05) is 6.92 Å². The van der Waals surface area contributed by atoms with Gasteiger partial charge in [-0.15, -0.1) is 0 Å². The summed E-state index contributed by atoms with van der Waals surface area (Å²) in [5, 5.41) is 19.6. The molecule has 0 aromatic heterocycles. The maximum atomic E-state index is 9.91. The lowest BCUT2D eigenvalue weighted by Gasteiger charge is -2.26. The quantitative estimate of drug-likeness (QED) is 0.580. The monoisotopic (exact) mass is 186 g/mol. The summed E-state index contributed by atoms with van der Waals surface area (Å²) in [5.74, 6) is 0.198. The molecule has 0 aromatic carbocycles. The molecule has 2 N–H and O–H groups in total. The molecule has 3 nitrogen and oxygen atoms in total. The van der Waals surface area contributed by atoms with Gasteiger partial charge in [-0.25, -0.2) is 0 Å². The third-order valence-corrected chi connectivity index (χ3v) is 3.61. The van der Waals surface area contributed by atoms with Crippen LogP contribution >= 0.6 is 0 Å². The lowest BCUT2D eigenvalue weighted by atomic mass is 9.81. The fourth-order valence-corrected chi connectivity index (χ4v) is 2.90. The predicted octanol–water partition coefficient (Wildman–Crippen LogP) is 0.543. The molecule has 1 aliphatic carbocycles. The molecule has 13 heavy (non-hydrogen) atoms. The fourth-order valence-electron chi connectivity index (χ4n) is 2.90. The van der Waals surface area contributed by atoms with Crippen molar-refractivity contribution in [3.8, 4) is 0 Å². The lowest BCUT2D eigenvalue weighted by molar-refractivity contribution is -0.0308. The molecule has 5 atom stereocenters. The number of aliphatic hydroxyl groups excluding tert-OH is 2. The Labute approximate surface area is 78.7 Å². The highest BCUT2D eigenvalue weighted by molar-refractivity contribution is 5.03. The zero-order valence-electron chi connectivity index (χ0n) is 8.23. The molecule has 2 aliphatic rings. The number of rotatable bonds is 0. The summed E-state index contributed by atoms with van der Waals surface area (Å²) in [7, 11) is 0. The summed E-state index contributed by atoms with van der Waals surface area (Å²) in [6, 6.07) is 0. The molecule has 76 valence electrons. The molecule has 0 radical (unpaired) electrons. The number of hydrogen-bond acceptors (Lipinski definition) is 3. The summed E-state index contributed by atoms with van der Waals surface area (Å²) in [6.07, 6.45) is 0.850. The molecule has 1 spiro atoms. The Hall–Kier alpha value is -0.120. The number of ether oxygens (including phenoxy) is 1. The smallest absolute Gasteiger partial charge is 0.0880 e. The Morgan fingerprint density at radius 2 is 1.92 bits per heavy atom. The van der Waals surface area contributed by atoms with Crippen molar-refractivity contribution in [2.24, 2.45) is 11.3 Å². The highest BCUT2D eigenvalue weighted by atomic mass is 16.5. The first-order chi connectivity index (χ1) is 6.05. The van der Waals surface area contributed by atoms with Crippen molar-refractivity contribution >= 4 is 0 Å². The Kier molecular flexibility index (Phi) is 2.13. The van der Waals surface area contributed by atoms with E-state index in [0.29, 0.717) is 6.61 Å². The van der Waals surface area contributed by atoms with E-state index in [1.165, 1.54) is 0 Å².